The molecule has 1 aliphatic rings. The molecule has 1 N–H and O–H groups in total. The monoisotopic (exact) mass is 343 g/mol. The molecule has 3 unspecified atom stereocenters. The highest BCUT2D eigenvalue weighted by Crippen LogP contribution is 2.44. The molecule has 0 aromatic heterocycles. The lowest BCUT2D eigenvalue weighted by Gasteiger charge is -2.43. The molecule has 0 saturated heterocycles. The highest BCUT2D eigenvalue weighted by Gasteiger charge is 2.43. The van der Waals surface area contributed by atoms with Gasteiger partial charge in [-0.3, -0.25) is 0 Å². The van der Waals surface area contributed by atoms with E-state index < -0.39 is 17.8 Å². The number of hydrogen-bond donors (Lipinski definition) is 1. The van der Waals surface area contributed by atoms with Crippen molar-refractivity contribution >= 4 is 17.6 Å². The summed E-state index contributed by atoms with van der Waals surface area (Å²) in [6.07, 6.45) is 0.267. The van der Waals surface area contributed by atoms with Crippen LogP contribution in [0.25, 0.3) is 0 Å². The second kappa shape index (κ2) is 7.38. The molecule has 6 heteroatoms. The molecular weight excluding hydrogens is 326 g/mol. The van der Waals surface area contributed by atoms with Crippen molar-refractivity contribution < 1.29 is 9.90 Å². The quantitative estimate of drug-likeness (QED) is 0.903. The number of benzene rings is 1. The van der Waals surface area contributed by atoms with E-state index in [1.807, 2.05) is 11.8 Å². The number of carboxylic acids is 1. The number of aliphatic carboxylic acids is 1. The molecule has 0 amide bonds. The van der Waals surface area contributed by atoms with Crippen molar-refractivity contribution in [2.24, 2.45) is 5.92 Å². The molecule has 0 aliphatic carbocycles. The summed E-state index contributed by atoms with van der Waals surface area (Å²) in [7, 11) is 0. The summed E-state index contributed by atoms with van der Waals surface area (Å²) in [5.41, 5.74) is 1.40. The molecule has 24 heavy (non-hydrogen) atoms. The Morgan fingerprint density at radius 3 is 2.58 bits per heavy atom. The molecule has 1 aromatic carbocycles. The minimum absolute atomic E-state index is 0.172. The van der Waals surface area contributed by atoms with E-state index in [-0.39, 0.29) is 18.0 Å². The fraction of sp³-hybridized carbons (Fsp3) is 0.389. The lowest BCUT2D eigenvalue weighted by molar-refractivity contribution is -0.133. The Hall–Kier alpha value is -2.50. The third-order valence-corrected chi connectivity index (χ3v) is 4.93. The van der Waals surface area contributed by atoms with Crippen LogP contribution < -0.4 is 0 Å². The number of nitrogens with zero attached hydrogens (tertiary/aromatic N) is 3. The second-order valence-electron chi connectivity index (χ2n) is 5.80. The van der Waals surface area contributed by atoms with Gasteiger partial charge < -0.3 is 10.0 Å². The van der Waals surface area contributed by atoms with Gasteiger partial charge in [-0.15, -0.1) is 0 Å². The highest BCUT2D eigenvalue weighted by molar-refractivity contribution is 6.31. The Bertz CT molecular complexity index is 760. The van der Waals surface area contributed by atoms with Crippen LogP contribution in [-0.4, -0.2) is 28.6 Å². The molecule has 0 saturated carbocycles. The van der Waals surface area contributed by atoms with Crippen LogP contribution in [0, 0.1) is 28.6 Å². The van der Waals surface area contributed by atoms with E-state index in [9.17, 15) is 15.2 Å². The van der Waals surface area contributed by atoms with E-state index >= 15 is 0 Å². The van der Waals surface area contributed by atoms with Gasteiger partial charge in [0.05, 0.1) is 30.1 Å². The zero-order valence-electron chi connectivity index (χ0n) is 13.5. The third kappa shape index (κ3) is 3.09. The second-order valence-corrected chi connectivity index (χ2v) is 6.21. The number of hydrogen-bond acceptors (Lipinski definition) is 4. The van der Waals surface area contributed by atoms with E-state index in [4.69, 9.17) is 16.9 Å². The smallest absolute Gasteiger partial charge is 0.333 e. The molecule has 124 valence electrons. The molecule has 1 aliphatic heterocycles. The predicted molar refractivity (Wildman–Crippen MR) is 90.0 cm³/mol. The Balaban J connectivity index is 2.66. The van der Waals surface area contributed by atoms with Crippen LogP contribution >= 0.6 is 11.6 Å². The van der Waals surface area contributed by atoms with Gasteiger partial charge in [-0.2, -0.15) is 10.5 Å². The van der Waals surface area contributed by atoms with E-state index in [1.165, 1.54) is 0 Å². The Kier molecular flexibility index (Phi) is 5.49. The molecule has 1 heterocycles. The summed E-state index contributed by atoms with van der Waals surface area (Å²) in [6.45, 7) is 4.01. The van der Waals surface area contributed by atoms with Gasteiger partial charge >= 0.3 is 5.97 Å². The van der Waals surface area contributed by atoms with Crippen molar-refractivity contribution in [2.45, 2.75) is 32.2 Å². The van der Waals surface area contributed by atoms with Gasteiger partial charge in [-0.05, 0) is 25.5 Å². The average molecular weight is 344 g/mol. The summed E-state index contributed by atoms with van der Waals surface area (Å²) in [4.78, 5) is 13.8. The van der Waals surface area contributed by atoms with Crippen LogP contribution in [-0.2, 0) is 4.79 Å². The first-order valence-electron chi connectivity index (χ1n) is 7.65. The van der Waals surface area contributed by atoms with Gasteiger partial charge in [0.2, 0.25) is 0 Å². The van der Waals surface area contributed by atoms with Crippen molar-refractivity contribution in [3.05, 3.63) is 46.1 Å². The Morgan fingerprint density at radius 1 is 1.38 bits per heavy atom. The topological polar surface area (TPSA) is 88.1 Å². The molecular formula is C18H18ClN3O2. The summed E-state index contributed by atoms with van der Waals surface area (Å²) in [5.74, 6) is -2.24. The van der Waals surface area contributed by atoms with Crippen molar-refractivity contribution in [1.82, 2.24) is 4.90 Å². The molecule has 0 bridgehead atoms. The van der Waals surface area contributed by atoms with Gasteiger partial charge in [-0.25, -0.2) is 4.79 Å². The fourth-order valence-electron chi connectivity index (χ4n) is 3.43. The normalized spacial score (nSPS) is 23.5. The standard InChI is InChI=1S/C18H18ClN3O2/c1-11-14(10-21)17(13-6-3-4-7-15(13)19)16(18(23)24)12(2)22(11)9-5-8-20/h3-4,6-7,11,14,17H,5,9H2,1-2H3,(H,23,24). The summed E-state index contributed by atoms with van der Waals surface area (Å²) in [6, 6.07) is 11.1. The maximum Gasteiger partial charge on any atom is 0.333 e. The first-order valence-corrected chi connectivity index (χ1v) is 8.03. The van der Waals surface area contributed by atoms with Crippen molar-refractivity contribution in [3.8, 4) is 12.1 Å². The highest BCUT2D eigenvalue weighted by atomic mass is 35.5. The van der Waals surface area contributed by atoms with Gasteiger partial charge in [0, 0.05) is 29.2 Å². The van der Waals surface area contributed by atoms with E-state index in [2.05, 4.69) is 12.1 Å². The first kappa shape index (κ1) is 17.8. The van der Waals surface area contributed by atoms with Crippen molar-refractivity contribution in [3.63, 3.8) is 0 Å². The molecule has 5 nitrogen and oxygen atoms in total. The van der Waals surface area contributed by atoms with Crippen LogP contribution in [0.2, 0.25) is 5.02 Å². The number of carbonyl (C=O) groups is 1. The predicted octanol–water partition coefficient (Wildman–Crippen LogP) is 3.54. The van der Waals surface area contributed by atoms with E-state index in [1.54, 1.807) is 31.2 Å². The number of nitriles is 2. The molecule has 0 spiro atoms. The molecule has 0 radical (unpaired) electrons. The summed E-state index contributed by atoms with van der Waals surface area (Å²) < 4.78 is 0. The maximum absolute atomic E-state index is 11.9. The van der Waals surface area contributed by atoms with Gasteiger partial charge in [0.25, 0.3) is 0 Å². The molecule has 1 aromatic rings. The first-order chi connectivity index (χ1) is 11.4. The van der Waals surface area contributed by atoms with Crippen LogP contribution in [0.3, 0.4) is 0 Å². The third-order valence-electron chi connectivity index (χ3n) is 4.59. The lowest BCUT2D eigenvalue weighted by atomic mass is 9.73. The number of rotatable bonds is 4. The van der Waals surface area contributed by atoms with Crippen molar-refractivity contribution in [2.75, 3.05) is 6.54 Å². The van der Waals surface area contributed by atoms with Gasteiger partial charge in [0.15, 0.2) is 0 Å². The maximum atomic E-state index is 11.9. The number of halogens is 1. The van der Waals surface area contributed by atoms with Crippen LogP contribution in [0.15, 0.2) is 35.5 Å². The van der Waals surface area contributed by atoms with Gasteiger partial charge in [-0.1, -0.05) is 29.8 Å². The van der Waals surface area contributed by atoms with E-state index in [0.717, 1.165) is 0 Å². The van der Waals surface area contributed by atoms with Crippen LogP contribution in [0.4, 0.5) is 0 Å². The minimum atomic E-state index is -1.06. The summed E-state index contributed by atoms with van der Waals surface area (Å²) >= 11 is 6.28. The van der Waals surface area contributed by atoms with Crippen LogP contribution in [0.5, 0.6) is 0 Å². The lowest BCUT2D eigenvalue weighted by Crippen LogP contribution is -2.46. The largest absolute Gasteiger partial charge is 0.478 e. The van der Waals surface area contributed by atoms with Crippen LogP contribution in [0.1, 0.15) is 31.7 Å². The molecule has 3 atom stereocenters. The SMILES string of the molecule is CC1=C(C(=O)O)C(c2ccccc2Cl)C(C#N)C(C)N1CCC#N. The number of allylic oxidation sites excluding steroid dienone is 1. The Morgan fingerprint density at radius 2 is 2.04 bits per heavy atom. The minimum Gasteiger partial charge on any atom is -0.478 e. The fourth-order valence-corrected chi connectivity index (χ4v) is 3.68. The number of carboxylic acid groups (broad SMARTS) is 1. The van der Waals surface area contributed by atoms with Gasteiger partial charge in [0.1, 0.15) is 0 Å². The average Bonchev–Trinajstić information content (AvgIpc) is 2.54. The zero-order valence-corrected chi connectivity index (χ0v) is 14.3. The van der Waals surface area contributed by atoms with Crippen molar-refractivity contribution in [1.29, 1.82) is 10.5 Å². The van der Waals surface area contributed by atoms with E-state index in [0.29, 0.717) is 22.8 Å². The molecule has 2 rings (SSSR count). The summed E-state index contributed by atoms with van der Waals surface area (Å²) in [5, 5.41) is 28.8. The molecule has 0 fully saturated rings. The zero-order chi connectivity index (χ0) is 17.9. The Labute approximate surface area is 146 Å².